The second kappa shape index (κ2) is 5.22. The molecular formula is C14H16N2O3. The zero-order chi connectivity index (χ0) is 14.0. The number of ketones is 2. The molecule has 1 unspecified atom stereocenters. The van der Waals surface area contributed by atoms with Gasteiger partial charge >= 0.3 is 0 Å². The topological polar surface area (TPSA) is 86.2 Å². The minimum Gasteiger partial charge on any atom is -0.399 e. The van der Waals surface area contributed by atoms with Crippen molar-refractivity contribution in [1.29, 1.82) is 0 Å². The second-order valence-electron chi connectivity index (χ2n) is 4.73. The van der Waals surface area contributed by atoms with Gasteiger partial charge in [-0.15, -0.1) is 0 Å². The summed E-state index contributed by atoms with van der Waals surface area (Å²) in [5, 5.41) is 4.71. The van der Waals surface area contributed by atoms with Crippen LogP contribution in [0, 0.1) is 0 Å². The minimum atomic E-state index is -0.424. The molecule has 0 aliphatic carbocycles. The largest absolute Gasteiger partial charge is 0.399 e. The molecule has 1 heterocycles. The Labute approximate surface area is 110 Å². The molecule has 0 saturated carbocycles. The molecule has 5 heteroatoms. The summed E-state index contributed by atoms with van der Waals surface area (Å²) in [6.07, 6.45) is 0.794. The fraction of sp³-hybridized carbons (Fsp3) is 0.357. The van der Waals surface area contributed by atoms with Crippen molar-refractivity contribution in [2.75, 3.05) is 5.73 Å². The lowest BCUT2D eigenvalue weighted by Gasteiger charge is -2.09. The van der Waals surface area contributed by atoms with Gasteiger partial charge in [-0.2, -0.15) is 0 Å². The van der Waals surface area contributed by atoms with Gasteiger partial charge in [-0.1, -0.05) is 5.16 Å². The number of anilines is 1. The minimum absolute atomic E-state index is 0.0288. The number of fused-ring (bicyclic) bond motifs is 1. The summed E-state index contributed by atoms with van der Waals surface area (Å²) >= 11 is 0. The number of benzene rings is 1. The van der Waals surface area contributed by atoms with E-state index in [1.165, 1.54) is 13.8 Å². The molecule has 0 aliphatic rings. The lowest BCUT2D eigenvalue weighted by molar-refractivity contribution is -0.119. The molecule has 1 atom stereocenters. The summed E-state index contributed by atoms with van der Waals surface area (Å²) < 4.78 is 5.20. The number of carbonyl (C=O) groups excluding carboxylic acids is 2. The number of nitrogens with two attached hydrogens (primary N) is 1. The Morgan fingerprint density at radius 3 is 2.74 bits per heavy atom. The highest BCUT2D eigenvalue weighted by molar-refractivity contribution is 5.91. The molecule has 0 aliphatic heterocycles. The molecule has 2 N–H and O–H groups in total. The zero-order valence-corrected chi connectivity index (χ0v) is 11.0. The van der Waals surface area contributed by atoms with E-state index < -0.39 is 5.92 Å². The molecular weight excluding hydrogens is 244 g/mol. The van der Waals surface area contributed by atoms with Gasteiger partial charge in [0.15, 0.2) is 5.58 Å². The first-order valence-corrected chi connectivity index (χ1v) is 6.13. The van der Waals surface area contributed by atoms with E-state index in [1.54, 1.807) is 18.2 Å². The smallest absolute Gasteiger partial charge is 0.167 e. The van der Waals surface area contributed by atoms with E-state index in [9.17, 15) is 9.59 Å². The number of aromatic nitrogens is 1. The Morgan fingerprint density at radius 2 is 2.11 bits per heavy atom. The Kier molecular flexibility index (Phi) is 3.64. The number of hydrogen-bond acceptors (Lipinski definition) is 5. The van der Waals surface area contributed by atoms with E-state index in [0.717, 1.165) is 5.39 Å². The summed E-state index contributed by atoms with van der Waals surface area (Å²) in [6, 6.07) is 5.18. The summed E-state index contributed by atoms with van der Waals surface area (Å²) in [5.41, 5.74) is 7.49. The third-order valence-corrected chi connectivity index (χ3v) is 3.13. The molecule has 0 spiro atoms. The quantitative estimate of drug-likeness (QED) is 0.834. The first-order chi connectivity index (χ1) is 8.99. The van der Waals surface area contributed by atoms with E-state index in [2.05, 4.69) is 5.16 Å². The highest BCUT2D eigenvalue weighted by Gasteiger charge is 2.23. The van der Waals surface area contributed by atoms with Crippen LogP contribution >= 0.6 is 0 Å². The van der Waals surface area contributed by atoms with E-state index in [-0.39, 0.29) is 11.6 Å². The predicted molar refractivity (Wildman–Crippen MR) is 71.8 cm³/mol. The van der Waals surface area contributed by atoms with Crippen LogP contribution in [0.4, 0.5) is 5.69 Å². The van der Waals surface area contributed by atoms with Gasteiger partial charge in [-0.25, -0.2) is 0 Å². The fourth-order valence-corrected chi connectivity index (χ4v) is 2.11. The number of Topliss-reactive ketones (excluding diaryl/α,β-unsaturated/α-hetero) is 2. The summed E-state index contributed by atoms with van der Waals surface area (Å²) in [7, 11) is 0. The molecule has 0 amide bonds. The van der Waals surface area contributed by atoms with Crippen LogP contribution in [-0.2, 0) is 9.59 Å². The molecule has 1 aromatic carbocycles. The molecule has 1 aromatic heterocycles. The van der Waals surface area contributed by atoms with Gasteiger partial charge in [0, 0.05) is 17.5 Å². The zero-order valence-electron chi connectivity index (χ0n) is 11.0. The van der Waals surface area contributed by atoms with Gasteiger partial charge in [-0.3, -0.25) is 4.79 Å². The average Bonchev–Trinajstić information content (AvgIpc) is 2.72. The van der Waals surface area contributed by atoms with Crippen molar-refractivity contribution in [1.82, 2.24) is 5.16 Å². The Balaban J connectivity index is 2.41. The summed E-state index contributed by atoms with van der Waals surface area (Å²) in [5.74, 6) is -0.399. The number of rotatable bonds is 5. The van der Waals surface area contributed by atoms with Crippen LogP contribution in [0.15, 0.2) is 22.7 Å². The number of carbonyl (C=O) groups is 2. The van der Waals surface area contributed by atoms with Crippen LogP contribution in [0.1, 0.15) is 38.3 Å². The first kappa shape index (κ1) is 13.3. The molecule has 2 aromatic rings. The Morgan fingerprint density at radius 1 is 1.37 bits per heavy atom. The van der Waals surface area contributed by atoms with Crippen molar-refractivity contribution >= 4 is 28.2 Å². The Bertz CT molecular complexity index is 631. The third-order valence-electron chi connectivity index (χ3n) is 3.13. The average molecular weight is 260 g/mol. The monoisotopic (exact) mass is 260 g/mol. The van der Waals surface area contributed by atoms with Crippen LogP contribution in [0.2, 0.25) is 0 Å². The van der Waals surface area contributed by atoms with Crippen LogP contribution in [0.3, 0.4) is 0 Å². The lowest BCUT2D eigenvalue weighted by Crippen LogP contribution is -2.11. The van der Waals surface area contributed by atoms with Gasteiger partial charge < -0.3 is 15.1 Å². The maximum absolute atomic E-state index is 11.8. The van der Waals surface area contributed by atoms with Gasteiger partial charge in [0.2, 0.25) is 0 Å². The van der Waals surface area contributed by atoms with Gasteiger partial charge in [0.1, 0.15) is 17.3 Å². The van der Waals surface area contributed by atoms with Crippen molar-refractivity contribution in [2.45, 2.75) is 32.6 Å². The predicted octanol–water partition coefficient (Wildman–Crippen LogP) is 2.45. The number of hydrogen-bond donors (Lipinski definition) is 1. The Hall–Kier alpha value is -2.17. The fourth-order valence-electron chi connectivity index (χ4n) is 2.11. The molecule has 2 rings (SSSR count). The summed E-state index contributed by atoms with van der Waals surface area (Å²) in [6.45, 7) is 3.01. The summed E-state index contributed by atoms with van der Waals surface area (Å²) in [4.78, 5) is 22.8. The highest BCUT2D eigenvalue weighted by atomic mass is 16.5. The van der Waals surface area contributed by atoms with Crippen LogP contribution in [0.25, 0.3) is 11.0 Å². The van der Waals surface area contributed by atoms with Gasteiger partial charge in [0.25, 0.3) is 0 Å². The maximum atomic E-state index is 11.8. The molecule has 100 valence electrons. The molecule has 5 nitrogen and oxygen atoms in total. The molecule has 0 fully saturated rings. The molecule has 19 heavy (non-hydrogen) atoms. The highest BCUT2D eigenvalue weighted by Crippen LogP contribution is 2.30. The van der Waals surface area contributed by atoms with Gasteiger partial charge in [0.05, 0.1) is 5.92 Å². The lowest BCUT2D eigenvalue weighted by atomic mass is 9.92. The number of nitrogens with zero attached hydrogens (tertiary/aromatic N) is 1. The van der Waals surface area contributed by atoms with E-state index in [0.29, 0.717) is 29.8 Å². The third kappa shape index (κ3) is 2.81. The van der Waals surface area contributed by atoms with Crippen LogP contribution in [-0.4, -0.2) is 16.7 Å². The van der Waals surface area contributed by atoms with Crippen LogP contribution < -0.4 is 5.73 Å². The van der Waals surface area contributed by atoms with Gasteiger partial charge in [-0.05, 0) is 38.5 Å². The van der Waals surface area contributed by atoms with Crippen molar-refractivity contribution < 1.29 is 14.1 Å². The standard InChI is InChI=1S/C14H16N2O3/c1-8(17)3-5-11(9(2)18)14-12-7-10(15)4-6-13(12)19-16-14/h4,6-7,11H,3,5,15H2,1-2H3. The molecule has 0 saturated heterocycles. The van der Waals surface area contributed by atoms with Crippen LogP contribution in [0.5, 0.6) is 0 Å². The molecule has 0 radical (unpaired) electrons. The maximum Gasteiger partial charge on any atom is 0.167 e. The van der Waals surface area contributed by atoms with Crippen molar-refractivity contribution in [3.63, 3.8) is 0 Å². The second-order valence-corrected chi connectivity index (χ2v) is 4.73. The van der Waals surface area contributed by atoms with E-state index in [1.807, 2.05) is 0 Å². The van der Waals surface area contributed by atoms with E-state index in [4.69, 9.17) is 10.3 Å². The van der Waals surface area contributed by atoms with Crippen molar-refractivity contribution in [3.05, 3.63) is 23.9 Å². The first-order valence-electron chi connectivity index (χ1n) is 6.13. The van der Waals surface area contributed by atoms with Crippen molar-refractivity contribution in [3.8, 4) is 0 Å². The number of nitrogen functional groups attached to an aromatic ring is 1. The molecule has 0 bridgehead atoms. The SMILES string of the molecule is CC(=O)CCC(C(C)=O)c1noc2ccc(N)cc12. The van der Waals surface area contributed by atoms with E-state index >= 15 is 0 Å². The normalized spacial score (nSPS) is 12.5. The van der Waals surface area contributed by atoms with Crippen molar-refractivity contribution in [2.24, 2.45) is 0 Å².